The van der Waals surface area contributed by atoms with Crippen molar-refractivity contribution in [1.82, 2.24) is 10.6 Å². The van der Waals surface area contributed by atoms with Gasteiger partial charge in [-0.1, -0.05) is 29.8 Å². The van der Waals surface area contributed by atoms with Crippen LogP contribution in [0, 0.1) is 6.92 Å². The minimum Gasteiger partial charge on any atom is -0.354 e. The van der Waals surface area contributed by atoms with Gasteiger partial charge in [0, 0.05) is 12.1 Å². The van der Waals surface area contributed by atoms with E-state index >= 15 is 0 Å². The number of nitrogens with one attached hydrogen (secondary N) is 2. The van der Waals surface area contributed by atoms with Gasteiger partial charge in [0.2, 0.25) is 5.91 Å². The number of carbonyl (C=O) groups is 2. The number of hydrogen-bond donors (Lipinski definition) is 2. The van der Waals surface area contributed by atoms with E-state index in [1.165, 1.54) is 0 Å². The predicted octanol–water partition coefficient (Wildman–Crippen LogP) is 2.37. The summed E-state index contributed by atoms with van der Waals surface area (Å²) in [6, 6.07) is 12.6. The summed E-state index contributed by atoms with van der Waals surface area (Å²) >= 11 is 0. The van der Waals surface area contributed by atoms with Gasteiger partial charge in [0.05, 0.1) is 10.6 Å². The molecule has 7 heteroatoms. The Labute approximate surface area is 165 Å². The van der Waals surface area contributed by atoms with Crippen molar-refractivity contribution in [3.63, 3.8) is 0 Å². The maximum absolute atomic E-state index is 12.5. The number of carbonyl (C=O) groups excluding carboxylic acids is 2. The molecule has 3 rings (SSSR count). The molecule has 2 amide bonds. The summed E-state index contributed by atoms with van der Waals surface area (Å²) in [6.45, 7) is 2.54. The first-order chi connectivity index (χ1) is 13.3. The van der Waals surface area contributed by atoms with E-state index in [9.17, 15) is 18.0 Å². The van der Waals surface area contributed by atoms with E-state index in [1.807, 2.05) is 6.92 Å². The average molecular weight is 401 g/mol. The third kappa shape index (κ3) is 4.98. The van der Waals surface area contributed by atoms with Gasteiger partial charge in [-0.15, -0.1) is 0 Å². The number of amides is 2. The second kappa shape index (κ2) is 8.56. The third-order valence-corrected chi connectivity index (χ3v) is 6.50. The van der Waals surface area contributed by atoms with Crippen molar-refractivity contribution in [3.8, 4) is 0 Å². The normalized spacial score (nSPS) is 17.5. The molecule has 2 aromatic rings. The van der Waals surface area contributed by atoms with E-state index in [4.69, 9.17) is 0 Å². The van der Waals surface area contributed by atoms with Crippen LogP contribution in [0.4, 0.5) is 0 Å². The molecular formula is C21H24N2O4S. The molecule has 1 atom stereocenters. The Hall–Kier alpha value is -2.67. The number of aryl methyl sites for hydroxylation is 1. The van der Waals surface area contributed by atoms with Gasteiger partial charge in [0.15, 0.2) is 9.84 Å². The van der Waals surface area contributed by atoms with Crippen molar-refractivity contribution in [1.29, 1.82) is 0 Å². The molecule has 2 aromatic carbocycles. The van der Waals surface area contributed by atoms with Crippen LogP contribution in [0.15, 0.2) is 53.4 Å². The summed E-state index contributed by atoms with van der Waals surface area (Å²) < 4.78 is 25.1. The molecule has 0 aliphatic carbocycles. The number of sulfone groups is 1. The Morgan fingerprint density at radius 1 is 1.07 bits per heavy atom. The Bertz CT molecular complexity index is 951. The summed E-state index contributed by atoms with van der Waals surface area (Å²) in [6.07, 6.45) is 2.40. The molecule has 1 heterocycles. The summed E-state index contributed by atoms with van der Waals surface area (Å²) in [5.41, 5.74) is 1.99. The summed E-state index contributed by atoms with van der Waals surface area (Å²) in [7, 11) is -3.45. The van der Waals surface area contributed by atoms with Crippen LogP contribution in [-0.4, -0.2) is 32.8 Å². The lowest BCUT2D eigenvalue weighted by atomic mass is 10.1. The zero-order valence-corrected chi connectivity index (χ0v) is 16.6. The molecule has 1 fully saturated rings. The van der Waals surface area contributed by atoms with Crippen molar-refractivity contribution >= 4 is 21.7 Å². The molecule has 1 aliphatic rings. The number of benzene rings is 2. The maximum Gasteiger partial charge on any atom is 0.251 e. The fraction of sp³-hybridized carbons (Fsp3) is 0.333. The standard InChI is InChI=1S/C21H24N2O4S/c1-15-5-11-18(12-6-15)28(26,27)14-16-7-9-17(10-8-16)20(24)23-19-4-2-3-13-22-21(19)25/h5-12,19H,2-4,13-14H2,1H3,(H,22,25)(H,23,24)/t19-/m0/s1. The molecule has 2 N–H and O–H groups in total. The van der Waals surface area contributed by atoms with E-state index in [0.717, 1.165) is 18.4 Å². The van der Waals surface area contributed by atoms with Crippen LogP contribution < -0.4 is 10.6 Å². The van der Waals surface area contributed by atoms with Crippen molar-refractivity contribution < 1.29 is 18.0 Å². The first-order valence-corrected chi connectivity index (χ1v) is 11.0. The highest BCUT2D eigenvalue weighted by atomic mass is 32.2. The minimum absolute atomic E-state index is 0.136. The van der Waals surface area contributed by atoms with Gasteiger partial charge >= 0.3 is 0 Å². The second-order valence-corrected chi connectivity index (χ2v) is 9.07. The Kier molecular flexibility index (Phi) is 6.14. The van der Waals surface area contributed by atoms with Crippen LogP contribution in [0.25, 0.3) is 0 Å². The number of rotatable bonds is 5. The largest absolute Gasteiger partial charge is 0.354 e. The zero-order valence-electron chi connectivity index (χ0n) is 15.8. The van der Waals surface area contributed by atoms with Crippen molar-refractivity contribution in [2.24, 2.45) is 0 Å². The highest BCUT2D eigenvalue weighted by Gasteiger charge is 2.23. The molecule has 1 aliphatic heterocycles. The molecular weight excluding hydrogens is 376 g/mol. The Morgan fingerprint density at radius 3 is 2.43 bits per heavy atom. The van der Waals surface area contributed by atoms with Crippen molar-refractivity contribution in [3.05, 3.63) is 65.2 Å². The lowest BCUT2D eigenvalue weighted by Crippen LogP contribution is -2.45. The van der Waals surface area contributed by atoms with E-state index in [0.29, 0.717) is 24.1 Å². The smallest absolute Gasteiger partial charge is 0.251 e. The molecule has 0 saturated carbocycles. The van der Waals surface area contributed by atoms with E-state index in [2.05, 4.69) is 10.6 Å². The van der Waals surface area contributed by atoms with Gasteiger partial charge in [-0.2, -0.15) is 0 Å². The monoisotopic (exact) mass is 400 g/mol. The van der Waals surface area contributed by atoms with Crippen molar-refractivity contribution in [2.75, 3.05) is 6.54 Å². The van der Waals surface area contributed by atoms with Gasteiger partial charge < -0.3 is 10.6 Å². The van der Waals surface area contributed by atoms with Gasteiger partial charge in [-0.3, -0.25) is 9.59 Å². The van der Waals surface area contributed by atoms with Crippen molar-refractivity contribution in [2.45, 2.75) is 42.9 Å². The fourth-order valence-corrected chi connectivity index (χ4v) is 4.47. The van der Waals surface area contributed by atoms with E-state index in [1.54, 1.807) is 48.5 Å². The third-order valence-electron chi connectivity index (χ3n) is 4.79. The zero-order chi connectivity index (χ0) is 20.1. The molecule has 0 unspecified atom stereocenters. The lowest BCUT2D eigenvalue weighted by Gasteiger charge is -2.15. The Morgan fingerprint density at radius 2 is 1.75 bits per heavy atom. The van der Waals surface area contributed by atoms with Gasteiger partial charge in [-0.05, 0) is 56.0 Å². The molecule has 6 nitrogen and oxygen atoms in total. The molecule has 0 spiro atoms. The van der Waals surface area contributed by atoms with Crippen LogP contribution in [-0.2, 0) is 20.4 Å². The lowest BCUT2D eigenvalue weighted by molar-refractivity contribution is -0.122. The highest BCUT2D eigenvalue weighted by molar-refractivity contribution is 7.90. The molecule has 28 heavy (non-hydrogen) atoms. The van der Waals surface area contributed by atoms with Gasteiger partial charge in [-0.25, -0.2) is 8.42 Å². The second-order valence-electron chi connectivity index (χ2n) is 7.08. The quantitative estimate of drug-likeness (QED) is 0.806. The molecule has 0 radical (unpaired) electrons. The maximum atomic E-state index is 12.5. The topological polar surface area (TPSA) is 92.3 Å². The Balaban J connectivity index is 1.66. The average Bonchev–Trinajstić information content (AvgIpc) is 2.87. The summed E-state index contributed by atoms with van der Waals surface area (Å²) in [5.74, 6) is -0.634. The van der Waals surface area contributed by atoms with Crippen LogP contribution >= 0.6 is 0 Å². The van der Waals surface area contributed by atoms with Gasteiger partial charge in [0.25, 0.3) is 5.91 Å². The first kappa shape index (κ1) is 20.1. The first-order valence-electron chi connectivity index (χ1n) is 9.32. The van der Waals surface area contributed by atoms with E-state index in [-0.39, 0.29) is 22.5 Å². The number of hydrogen-bond acceptors (Lipinski definition) is 4. The SMILES string of the molecule is Cc1ccc(S(=O)(=O)Cc2ccc(C(=O)N[C@H]3CCCCNC3=O)cc2)cc1. The van der Waals surface area contributed by atoms with E-state index < -0.39 is 15.9 Å². The highest BCUT2D eigenvalue weighted by Crippen LogP contribution is 2.18. The summed E-state index contributed by atoms with van der Waals surface area (Å²) in [5, 5.41) is 5.54. The van der Waals surface area contributed by atoms with Crippen LogP contribution in [0.1, 0.15) is 40.7 Å². The molecule has 0 bridgehead atoms. The minimum atomic E-state index is -3.45. The summed E-state index contributed by atoms with van der Waals surface area (Å²) in [4.78, 5) is 24.6. The van der Waals surface area contributed by atoms with Crippen LogP contribution in [0.2, 0.25) is 0 Å². The van der Waals surface area contributed by atoms with Gasteiger partial charge in [0.1, 0.15) is 6.04 Å². The fourth-order valence-electron chi connectivity index (χ4n) is 3.12. The van der Waals surface area contributed by atoms with Crippen LogP contribution in [0.3, 0.4) is 0 Å². The molecule has 1 saturated heterocycles. The predicted molar refractivity (Wildman–Crippen MR) is 107 cm³/mol. The van der Waals surface area contributed by atoms with Crippen LogP contribution in [0.5, 0.6) is 0 Å². The molecule has 0 aromatic heterocycles. The molecule has 148 valence electrons.